The van der Waals surface area contributed by atoms with Crippen LogP contribution in [-0.4, -0.2) is 30.0 Å². The van der Waals surface area contributed by atoms with E-state index in [-0.39, 0.29) is 29.4 Å². The van der Waals surface area contributed by atoms with E-state index >= 15 is 0 Å². The van der Waals surface area contributed by atoms with Crippen LogP contribution in [0.4, 0.5) is 0 Å². The summed E-state index contributed by atoms with van der Waals surface area (Å²) in [4.78, 5) is 23.0. The highest BCUT2D eigenvalue weighted by molar-refractivity contribution is 8.00. The van der Waals surface area contributed by atoms with Crippen LogP contribution in [0.3, 0.4) is 0 Å². The molecule has 1 amide bonds. The first-order valence-electron chi connectivity index (χ1n) is 7.11. The van der Waals surface area contributed by atoms with Crippen molar-refractivity contribution in [1.29, 1.82) is 0 Å². The van der Waals surface area contributed by atoms with Crippen LogP contribution in [0.25, 0.3) is 11.0 Å². The van der Waals surface area contributed by atoms with Gasteiger partial charge in [-0.15, -0.1) is 11.8 Å². The number of ether oxygens (including phenoxy) is 1. The molecule has 0 fully saturated rings. The lowest BCUT2D eigenvalue weighted by atomic mass is 10.2. The lowest BCUT2D eigenvalue weighted by molar-refractivity contribution is -0.139. The monoisotopic (exact) mass is 321 g/mol. The summed E-state index contributed by atoms with van der Waals surface area (Å²) in [6.45, 7) is 3.98. The molecule has 0 saturated heterocycles. The fourth-order valence-electron chi connectivity index (χ4n) is 2.00. The van der Waals surface area contributed by atoms with Crippen molar-refractivity contribution in [2.24, 2.45) is 0 Å². The fraction of sp³-hybridized carbons (Fsp3) is 0.375. The van der Waals surface area contributed by atoms with E-state index < -0.39 is 0 Å². The van der Waals surface area contributed by atoms with Gasteiger partial charge in [-0.25, -0.2) is 0 Å². The van der Waals surface area contributed by atoms with E-state index in [2.05, 4.69) is 5.32 Å². The Morgan fingerprint density at radius 3 is 2.82 bits per heavy atom. The highest BCUT2D eigenvalue weighted by Crippen LogP contribution is 2.23. The third-order valence-corrected chi connectivity index (χ3v) is 3.91. The molecule has 1 heterocycles. The topological polar surface area (TPSA) is 68.5 Å². The number of hydrogen-bond acceptors (Lipinski definition) is 5. The van der Waals surface area contributed by atoms with E-state index in [1.807, 2.05) is 37.3 Å². The lowest BCUT2D eigenvalue weighted by Crippen LogP contribution is -2.28. The number of nitrogens with one attached hydrogen (secondary N) is 1. The summed E-state index contributed by atoms with van der Waals surface area (Å²) in [5, 5.41) is 3.87. The highest BCUT2D eigenvalue weighted by atomic mass is 32.2. The predicted octanol–water partition coefficient (Wildman–Crippen LogP) is 2.91. The molecule has 0 aliphatic rings. The van der Waals surface area contributed by atoms with Gasteiger partial charge >= 0.3 is 5.97 Å². The lowest BCUT2D eigenvalue weighted by Gasteiger charge is -2.11. The molecule has 0 saturated carbocycles. The van der Waals surface area contributed by atoms with Crippen molar-refractivity contribution < 1.29 is 18.7 Å². The summed E-state index contributed by atoms with van der Waals surface area (Å²) in [7, 11) is 0. The number of carbonyl (C=O) groups excluding carboxylic acids is 2. The number of fused-ring (bicyclic) bond motifs is 1. The van der Waals surface area contributed by atoms with Gasteiger partial charge < -0.3 is 14.5 Å². The van der Waals surface area contributed by atoms with Gasteiger partial charge in [0, 0.05) is 5.39 Å². The molecule has 1 N–H and O–H groups in total. The highest BCUT2D eigenvalue weighted by Gasteiger charge is 2.14. The van der Waals surface area contributed by atoms with E-state index in [9.17, 15) is 9.59 Å². The Morgan fingerprint density at radius 2 is 2.09 bits per heavy atom. The van der Waals surface area contributed by atoms with Crippen molar-refractivity contribution in [3.8, 4) is 0 Å². The first kappa shape index (κ1) is 16.4. The maximum Gasteiger partial charge on any atom is 0.315 e. The molecule has 6 heteroatoms. The van der Waals surface area contributed by atoms with Crippen LogP contribution >= 0.6 is 11.8 Å². The maximum absolute atomic E-state index is 11.9. The van der Waals surface area contributed by atoms with Gasteiger partial charge in [-0.1, -0.05) is 18.2 Å². The quantitative estimate of drug-likeness (QED) is 0.794. The van der Waals surface area contributed by atoms with E-state index in [1.165, 1.54) is 11.8 Å². The Bertz CT molecular complexity index is 619. The number of amides is 1. The summed E-state index contributed by atoms with van der Waals surface area (Å²) < 4.78 is 10.5. The molecular weight excluding hydrogens is 302 g/mol. The summed E-state index contributed by atoms with van der Waals surface area (Å²) >= 11 is 1.23. The van der Waals surface area contributed by atoms with Gasteiger partial charge in [0.2, 0.25) is 5.91 Å². The Morgan fingerprint density at radius 1 is 1.32 bits per heavy atom. The summed E-state index contributed by atoms with van der Waals surface area (Å²) in [6.07, 6.45) is 0. The third kappa shape index (κ3) is 4.53. The minimum Gasteiger partial charge on any atom is -0.465 e. The van der Waals surface area contributed by atoms with Crippen LogP contribution in [0.15, 0.2) is 34.7 Å². The number of esters is 1. The van der Waals surface area contributed by atoms with E-state index in [4.69, 9.17) is 9.15 Å². The minimum absolute atomic E-state index is 0.137. The molecule has 0 radical (unpaired) electrons. The molecule has 0 bridgehead atoms. The largest absolute Gasteiger partial charge is 0.465 e. The van der Waals surface area contributed by atoms with Gasteiger partial charge in [0.1, 0.15) is 11.3 Å². The van der Waals surface area contributed by atoms with Gasteiger partial charge in [-0.2, -0.15) is 0 Å². The van der Waals surface area contributed by atoms with Crippen molar-refractivity contribution >= 4 is 34.6 Å². The number of carbonyl (C=O) groups is 2. The zero-order valence-electron chi connectivity index (χ0n) is 12.6. The molecular formula is C16H19NO4S. The molecule has 0 aliphatic heterocycles. The number of benzene rings is 1. The molecule has 22 heavy (non-hydrogen) atoms. The molecule has 1 aromatic heterocycles. The van der Waals surface area contributed by atoms with Crippen molar-refractivity contribution in [2.75, 3.05) is 18.1 Å². The van der Waals surface area contributed by atoms with Crippen molar-refractivity contribution in [3.05, 3.63) is 36.1 Å². The standard InChI is InChI=1S/C16H19NO4S/c1-3-20-16(19)10-22-9-15(18)17-11(2)14-8-12-6-4-5-7-13(12)21-14/h4-8,11H,3,9-10H2,1-2H3,(H,17,18)/t11-/m1/s1. The summed E-state index contributed by atoms with van der Waals surface area (Å²) in [5.41, 5.74) is 0.801. The van der Waals surface area contributed by atoms with E-state index in [1.54, 1.807) is 6.92 Å². The van der Waals surface area contributed by atoms with Gasteiger partial charge in [-0.3, -0.25) is 9.59 Å². The smallest absolute Gasteiger partial charge is 0.315 e. The van der Waals surface area contributed by atoms with Crippen molar-refractivity contribution in [3.63, 3.8) is 0 Å². The summed E-state index contributed by atoms with van der Waals surface area (Å²) in [6, 6.07) is 9.41. The average molecular weight is 321 g/mol. The normalized spacial score (nSPS) is 12.1. The van der Waals surface area contributed by atoms with Crippen molar-refractivity contribution in [1.82, 2.24) is 5.32 Å². The van der Waals surface area contributed by atoms with Crippen LogP contribution in [0.2, 0.25) is 0 Å². The van der Waals surface area contributed by atoms with Gasteiger partial charge in [-0.05, 0) is 26.0 Å². The molecule has 118 valence electrons. The van der Waals surface area contributed by atoms with Crippen LogP contribution in [0.5, 0.6) is 0 Å². The molecule has 2 aromatic rings. The Labute approximate surface area is 133 Å². The maximum atomic E-state index is 11.9. The molecule has 1 aromatic carbocycles. The van der Waals surface area contributed by atoms with Crippen LogP contribution in [0, 0.1) is 0 Å². The first-order valence-corrected chi connectivity index (χ1v) is 8.26. The summed E-state index contributed by atoms with van der Waals surface area (Å²) in [5.74, 6) is 0.668. The van der Waals surface area contributed by atoms with Crippen molar-refractivity contribution in [2.45, 2.75) is 19.9 Å². The number of rotatable bonds is 7. The second-order valence-electron chi connectivity index (χ2n) is 4.77. The number of hydrogen-bond donors (Lipinski definition) is 1. The Balaban J connectivity index is 1.82. The first-order chi connectivity index (χ1) is 10.6. The molecule has 0 unspecified atom stereocenters. The second kappa shape index (κ2) is 7.89. The zero-order chi connectivity index (χ0) is 15.9. The van der Waals surface area contributed by atoms with Gasteiger partial charge in [0.25, 0.3) is 0 Å². The molecule has 0 aliphatic carbocycles. The van der Waals surface area contributed by atoms with Gasteiger partial charge in [0.15, 0.2) is 0 Å². The number of thioether (sulfide) groups is 1. The number of para-hydroxylation sites is 1. The van der Waals surface area contributed by atoms with Crippen LogP contribution < -0.4 is 5.32 Å². The minimum atomic E-state index is -0.300. The third-order valence-electron chi connectivity index (χ3n) is 3.01. The van der Waals surface area contributed by atoms with Crippen LogP contribution in [0.1, 0.15) is 25.6 Å². The average Bonchev–Trinajstić information content (AvgIpc) is 2.91. The van der Waals surface area contributed by atoms with E-state index in [0.717, 1.165) is 11.0 Å². The molecule has 5 nitrogen and oxygen atoms in total. The van der Waals surface area contributed by atoms with Crippen LogP contribution in [-0.2, 0) is 14.3 Å². The molecule has 1 atom stereocenters. The SMILES string of the molecule is CCOC(=O)CSCC(=O)N[C@H](C)c1cc2ccccc2o1. The molecule has 2 rings (SSSR count). The van der Waals surface area contributed by atoms with Gasteiger partial charge in [0.05, 0.1) is 24.2 Å². The fourth-order valence-corrected chi connectivity index (χ4v) is 2.62. The molecule has 0 spiro atoms. The number of furan rings is 1. The second-order valence-corrected chi connectivity index (χ2v) is 5.76. The zero-order valence-corrected chi connectivity index (χ0v) is 13.4. The predicted molar refractivity (Wildman–Crippen MR) is 86.7 cm³/mol. The Kier molecular flexibility index (Phi) is 5.89. The Hall–Kier alpha value is -1.95. The van der Waals surface area contributed by atoms with E-state index in [0.29, 0.717) is 12.4 Å².